The molecule has 1 heterocycles. The highest BCUT2D eigenvalue weighted by Crippen LogP contribution is 2.27. The van der Waals surface area contributed by atoms with Gasteiger partial charge in [-0.25, -0.2) is 0 Å². The van der Waals surface area contributed by atoms with E-state index in [9.17, 15) is 0 Å². The van der Waals surface area contributed by atoms with E-state index >= 15 is 0 Å². The van der Waals surface area contributed by atoms with Crippen molar-refractivity contribution in [2.45, 2.75) is 13.3 Å². The van der Waals surface area contributed by atoms with Gasteiger partial charge in [-0.15, -0.1) is 0 Å². The van der Waals surface area contributed by atoms with Crippen LogP contribution < -0.4 is 11.1 Å². The molecule has 2 rings (SSSR count). The molecule has 0 aliphatic heterocycles. The van der Waals surface area contributed by atoms with Crippen molar-refractivity contribution >= 4 is 23.0 Å². The minimum Gasteiger partial charge on any atom is -0.397 e. The van der Waals surface area contributed by atoms with Gasteiger partial charge in [-0.3, -0.25) is 0 Å². The smallest absolute Gasteiger partial charge is 0.223 e. The Bertz CT molecular complexity index is 492. The summed E-state index contributed by atoms with van der Waals surface area (Å²) in [6, 6.07) is 5.40. The molecule has 0 saturated carbocycles. The molecule has 17 heavy (non-hydrogen) atoms. The third-order valence-corrected chi connectivity index (χ3v) is 2.58. The number of para-hydroxylation sites is 1. The van der Waals surface area contributed by atoms with Crippen LogP contribution in [0, 0.1) is 6.92 Å². The lowest BCUT2D eigenvalue weighted by atomic mass is 10.2. The van der Waals surface area contributed by atoms with Crippen molar-refractivity contribution in [2.24, 2.45) is 0 Å². The average Bonchev–Trinajstić information content (AvgIpc) is 2.69. The van der Waals surface area contributed by atoms with Crippen LogP contribution in [0.15, 0.2) is 22.7 Å². The number of aromatic nitrogens is 2. The van der Waals surface area contributed by atoms with Gasteiger partial charge in [-0.2, -0.15) is 4.98 Å². The second kappa shape index (κ2) is 5.05. The fraction of sp³-hybridized carbons (Fsp3) is 0.273. The first kappa shape index (κ1) is 11.7. The van der Waals surface area contributed by atoms with E-state index in [-0.39, 0.29) is 0 Å². The van der Waals surface area contributed by atoms with Gasteiger partial charge in [0.25, 0.3) is 0 Å². The topological polar surface area (TPSA) is 77.0 Å². The summed E-state index contributed by atoms with van der Waals surface area (Å²) in [5.74, 6) is 1.23. The summed E-state index contributed by atoms with van der Waals surface area (Å²) >= 11 is 6.02. The first-order valence-corrected chi connectivity index (χ1v) is 5.61. The van der Waals surface area contributed by atoms with Crippen LogP contribution in [-0.4, -0.2) is 16.7 Å². The van der Waals surface area contributed by atoms with E-state index in [1.807, 2.05) is 6.07 Å². The van der Waals surface area contributed by atoms with E-state index in [2.05, 4.69) is 15.5 Å². The zero-order valence-electron chi connectivity index (χ0n) is 9.40. The number of aryl methyl sites for hydroxylation is 1. The molecule has 0 aliphatic carbocycles. The quantitative estimate of drug-likeness (QED) is 0.817. The number of rotatable bonds is 4. The molecule has 0 atom stereocenters. The average molecular weight is 253 g/mol. The Morgan fingerprint density at radius 2 is 2.29 bits per heavy atom. The maximum Gasteiger partial charge on any atom is 0.223 e. The molecular formula is C11H13ClN4O. The Labute approximate surface area is 104 Å². The predicted molar refractivity (Wildman–Crippen MR) is 67.1 cm³/mol. The number of nitrogens with zero attached hydrogens (tertiary/aromatic N) is 2. The standard InChI is InChI=1S/C11H13ClN4O/c1-7-15-10(16-17-7)5-6-14-11-8(12)3-2-4-9(11)13/h2-4,14H,5-6,13H2,1H3. The van der Waals surface area contributed by atoms with Crippen LogP contribution in [0.25, 0.3) is 0 Å². The lowest BCUT2D eigenvalue weighted by Gasteiger charge is -2.09. The molecule has 0 bridgehead atoms. The van der Waals surface area contributed by atoms with Gasteiger partial charge in [0.2, 0.25) is 5.89 Å². The van der Waals surface area contributed by atoms with Gasteiger partial charge in [0.05, 0.1) is 16.4 Å². The highest BCUT2D eigenvalue weighted by molar-refractivity contribution is 6.33. The number of halogens is 1. The van der Waals surface area contributed by atoms with Crippen LogP contribution in [-0.2, 0) is 6.42 Å². The van der Waals surface area contributed by atoms with Crippen LogP contribution in [0.3, 0.4) is 0 Å². The monoisotopic (exact) mass is 252 g/mol. The van der Waals surface area contributed by atoms with Crippen molar-refractivity contribution in [3.05, 3.63) is 34.9 Å². The van der Waals surface area contributed by atoms with Crippen LogP contribution in [0.2, 0.25) is 5.02 Å². The Kier molecular flexibility index (Phi) is 3.49. The van der Waals surface area contributed by atoms with E-state index in [0.717, 1.165) is 5.69 Å². The second-order valence-electron chi connectivity index (χ2n) is 3.61. The molecule has 0 aliphatic rings. The van der Waals surface area contributed by atoms with Crippen molar-refractivity contribution in [1.29, 1.82) is 0 Å². The van der Waals surface area contributed by atoms with E-state index in [0.29, 0.717) is 35.4 Å². The number of nitrogens with two attached hydrogens (primary N) is 1. The molecule has 0 radical (unpaired) electrons. The second-order valence-corrected chi connectivity index (χ2v) is 4.02. The van der Waals surface area contributed by atoms with E-state index in [1.165, 1.54) is 0 Å². The van der Waals surface area contributed by atoms with Gasteiger partial charge >= 0.3 is 0 Å². The highest BCUT2D eigenvalue weighted by atomic mass is 35.5. The molecule has 0 amide bonds. The van der Waals surface area contributed by atoms with Gasteiger partial charge in [-0.1, -0.05) is 22.8 Å². The third-order valence-electron chi connectivity index (χ3n) is 2.27. The number of hydrogen-bond donors (Lipinski definition) is 2. The SMILES string of the molecule is Cc1nc(CCNc2c(N)cccc2Cl)no1. The first-order valence-electron chi connectivity index (χ1n) is 5.24. The zero-order valence-corrected chi connectivity index (χ0v) is 10.2. The molecule has 1 aromatic carbocycles. The summed E-state index contributed by atoms with van der Waals surface area (Å²) in [6.07, 6.45) is 0.655. The van der Waals surface area contributed by atoms with E-state index in [4.69, 9.17) is 21.9 Å². The summed E-state index contributed by atoms with van der Waals surface area (Å²) in [7, 11) is 0. The predicted octanol–water partition coefficient (Wildman–Crippen LogP) is 2.27. The minimum absolute atomic E-state index is 0.567. The lowest BCUT2D eigenvalue weighted by molar-refractivity contribution is 0.387. The summed E-state index contributed by atoms with van der Waals surface area (Å²) < 4.78 is 4.88. The number of nitrogens with one attached hydrogen (secondary N) is 1. The molecule has 2 aromatic rings. The highest BCUT2D eigenvalue weighted by Gasteiger charge is 2.05. The van der Waals surface area contributed by atoms with Crippen molar-refractivity contribution in [2.75, 3.05) is 17.6 Å². The number of hydrogen-bond acceptors (Lipinski definition) is 5. The first-order chi connectivity index (χ1) is 8.16. The largest absolute Gasteiger partial charge is 0.397 e. The molecule has 0 fully saturated rings. The van der Waals surface area contributed by atoms with Crippen molar-refractivity contribution in [1.82, 2.24) is 10.1 Å². The molecule has 90 valence electrons. The molecule has 0 spiro atoms. The van der Waals surface area contributed by atoms with Crippen molar-refractivity contribution in [3.8, 4) is 0 Å². The van der Waals surface area contributed by atoms with Gasteiger partial charge in [-0.05, 0) is 12.1 Å². The molecule has 3 N–H and O–H groups in total. The van der Waals surface area contributed by atoms with Crippen LogP contribution in [0.5, 0.6) is 0 Å². The Hall–Kier alpha value is -1.75. The van der Waals surface area contributed by atoms with Gasteiger partial charge < -0.3 is 15.6 Å². The van der Waals surface area contributed by atoms with Gasteiger partial charge in [0, 0.05) is 19.9 Å². The molecule has 5 nitrogen and oxygen atoms in total. The Balaban J connectivity index is 1.94. The van der Waals surface area contributed by atoms with Crippen molar-refractivity contribution < 1.29 is 4.52 Å². The summed E-state index contributed by atoms with van der Waals surface area (Å²) in [5.41, 5.74) is 7.18. The number of anilines is 2. The molecule has 0 saturated heterocycles. The number of benzene rings is 1. The van der Waals surface area contributed by atoms with Crippen LogP contribution in [0.1, 0.15) is 11.7 Å². The number of nitrogen functional groups attached to an aromatic ring is 1. The van der Waals surface area contributed by atoms with E-state index in [1.54, 1.807) is 19.1 Å². The van der Waals surface area contributed by atoms with Gasteiger partial charge in [0.1, 0.15) is 0 Å². The normalized spacial score (nSPS) is 10.5. The van der Waals surface area contributed by atoms with Crippen LogP contribution >= 0.6 is 11.6 Å². The third kappa shape index (κ3) is 2.88. The lowest BCUT2D eigenvalue weighted by Crippen LogP contribution is -2.08. The minimum atomic E-state index is 0.567. The molecule has 1 aromatic heterocycles. The summed E-state index contributed by atoms with van der Waals surface area (Å²) in [4.78, 5) is 4.10. The fourth-order valence-corrected chi connectivity index (χ4v) is 1.72. The van der Waals surface area contributed by atoms with Crippen LogP contribution in [0.4, 0.5) is 11.4 Å². The zero-order chi connectivity index (χ0) is 12.3. The molecular weight excluding hydrogens is 240 g/mol. The molecule has 0 unspecified atom stereocenters. The Morgan fingerprint density at radius 1 is 1.47 bits per heavy atom. The summed E-state index contributed by atoms with van der Waals surface area (Å²) in [5, 5.41) is 7.57. The molecule has 6 heteroatoms. The maximum absolute atomic E-state index is 6.02. The Morgan fingerprint density at radius 3 is 2.94 bits per heavy atom. The summed E-state index contributed by atoms with van der Waals surface area (Å²) in [6.45, 7) is 2.41. The maximum atomic E-state index is 6.02. The van der Waals surface area contributed by atoms with Gasteiger partial charge in [0.15, 0.2) is 5.82 Å². The fourth-order valence-electron chi connectivity index (χ4n) is 1.47. The van der Waals surface area contributed by atoms with E-state index < -0.39 is 0 Å². The van der Waals surface area contributed by atoms with Crippen molar-refractivity contribution in [3.63, 3.8) is 0 Å².